The van der Waals surface area contributed by atoms with Gasteiger partial charge in [0.15, 0.2) is 11.5 Å². The van der Waals surface area contributed by atoms with E-state index in [0.717, 1.165) is 16.1 Å². The summed E-state index contributed by atoms with van der Waals surface area (Å²) in [5.41, 5.74) is 0.876. The molecule has 27 heavy (non-hydrogen) atoms. The van der Waals surface area contributed by atoms with Crippen molar-refractivity contribution in [3.63, 3.8) is 0 Å². The van der Waals surface area contributed by atoms with E-state index in [9.17, 15) is 9.59 Å². The normalized spacial score (nSPS) is 12.5. The topological polar surface area (TPSA) is 73.7 Å². The van der Waals surface area contributed by atoms with Gasteiger partial charge in [-0.25, -0.2) is 4.98 Å². The number of aromatic nitrogens is 2. The van der Waals surface area contributed by atoms with E-state index < -0.39 is 0 Å². The molecule has 1 aliphatic rings. The molecule has 0 aliphatic carbocycles. The molecule has 3 heterocycles. The zero-order chi connectivity index (χ0) is 18.8. The van der Waals surface area contributed by atoms with Gasteiger partial charge in [-0.3, -0.25) is 14.2 Å². The molecule has 0 saturated heterocycles. The molecule has 1 aliphatic heterocycles. The van der Waals surface area contributed by atoms with Crippen LogP contribution in [0.3, 0.4) is 0 Å². The number of carbonyl (C=O) groups is 1. The Kier molecular flexibility index (Phi) is 4.81. The molecular formula is C19H19N3O4S. The fourth-order valence-corrected chi connectivity index (χ4v) is 3.79. The molecule has 0 unspecified atom stereocenters. The number of benzene rings is 1. The van der Waals surface area contributed by atoms with Gasteiger partial charge in [0.25, 0.3) is 5.56 Å². The summed E-state index contributed by atoms with van der Waals surface area (Å²) in [6.07, 6.45) is 1.76. The molecule has 4 rings (SSSR count). The second-order valence-electron chi connectivity index (χ2n) is 6.23. The quantitative estimate of drug-likeness (QED) is 0.652. The first-order valence-electron chi connectivity index (χ1n) is 8.74. The van der Waals surface area contributed by atoms with Crippen molar-refractivity contribution in [3.05, 3.63) is 51.9 Å². The molecule has 140 valence electrons. The number of fused-ring (bicyclic) bond motifs is 2. The Labute approximate surface area is 159 Å². The summed E-state index contributed by atoms with van der Waals surface area (Å²) in [5.74, 6) is 1.42. The molecular weight excluding hydrogens is 366 g/mol. The number of hydrogen-bond acceptors (Lipinski definition) is 6. The monoisotopic (exact) mass is 385 g/mol. The SMILES string of the molecule is CCN(Cc1ccc2c(c1)OCO2)C(=O)CCn1cnc2sccc2c1=O. The number of ether oxygens (including phenoxy) is 2. The Hall–Kier alpha value is -2.87. The lowest BCUT2D eigenvalue weighted by Crippen LogP contribution is -2.32. The van der Waals surface area contributed by atoms with Gasteiger partial charge in [0.1, 0.15) is 4.83 Å². The van der Waals surface area contributed by atoms with E-state index >= 15 is 0 Å². The molecule has 1 amide bonds. The fraction of sp³-hybridized carbons (Fsp3) is 0.316. The first kappa shape index (κ1) is 17.5. The molecule has 0 radical (unpaired) electrons. The lowest BCUT2D eigenvalue weighted by Gasteiger charge is -2.21. The summed E-state index contributed by atoms with van der Waals surface area (Å²) in [5, 5.41) is 2.45. The molecule has 7 nitrogen and oxygen atoms in total. The van der Waals surface area contributed by atoms with E-state index in [2.05, 4.69) is 4.98 Å². The summed E-state index contributed by atoms with van der Waals surface area (Å²) in [7, 11) is 0. The standard InChI is InChI=1S/C19H19N3O4S/c1-2-21(10-13-3-4-15-16(9-13)26-12-25-15)17(23)5-7-22-11-20-18-14(19(22)24)6-8-27-18/h3-4,6,8-9,11H,2,5,7,10,12H2,1H3. The van der Waals surface area contributed by atoms with Crippen molar-refractivity contribution >= 4 is 27.5 Å². The van der Waals surface area contributed by atoms with Crippen LogP contribution in [-0.2, 0) is 17.9 Å². The summed E-state index contributed by atoms with van der Waals surface area (Å²) in [4.78, 5) is 31.8. The smallest absolute Gasteiger partial charge is 0.262 e. The maximum atomic E-state index is 12.6. The molecule has 0 spiro atoms. The second-order valence-corrected chi connectivity index (χ2v) is 7.12. The predicted octanol–water partition coefficient (Wildman–Crippen LogP) is 2.63. The van der Waals surface area contributed by atoms with E-state index in [1.165, 1.54) is 22.2 Å². The Morgan fingerprint density at radius 2 is 2.15 bits per heavy atom. The van der Waals surface area contributed by atoms with Crippen LogP contribution in [0.4, 0.5) is 0 Å². The minimum absolute atomic E-state index is 0.00696. The highest BCUT2D eigenvalue weighted by atomic mass is 32.1. The molecule has 0 bridgehead atoms. The van der Waals surface area contributed by atoms with Gasteiger partial charge < -0.3 is 14.4 Å². The Bertz CT molecular complexity index is 1040. The lowest BCUT2D eigenvalue weighted by molar-refractivity contribution is -0.131. The molecule has 1 aromatic carbocycles. The lowest BCUT2D eigenvalue weighted by atomic mass is 10.2. The Morgan fingerprint density at radius 1 is 1.30 bits per heavy atom. The van der Waals surface area contributed by atoms with Crippen LogP contribution < -0.4 is 15.0 Å². The predicted molar refractivity (Wildman–Crippen MR) is 102 cm³/mol. The molecule has 2 aromatic heterocycles. The van der Waals surface area contributed by atoms with E-state index in [4.69, 9.17) is 9.47 Å². The highest BCUT2D eigenvalue weighted by Crippen LogP contribution is 2.32. The van der Waals surface area contributed by atoms with E-state index in [1.54, 1.807) is 11.0 Å². The zero-order valence-electron chi connectivity index (χ0n) is 14.9. The summed E-state index contributed by atoms with van der Waals surface area (Å²) in [6.45, 7) is 3.56. The van der Waals surface area contributed by atoms with Crippen molar-refractivity contribution in [2.75, 3.05) is 13.3 Å². The molecule has 0 atom stereocenters. The third-order valence-corrected chi connectivity index (χ3v) is 5.38. The summed E-state index contributed by atoms with van der Waals surface area (Å²) in [6, 6.07) is 7.46. The van der Waals surface area contributed by atoms with Crippen molar-refractivity contribution in [2.24, 2.45) is 0 Å². The third kappa shape index (κ3) is 3.52. The van der Waals surface area contributed by atoms with Crippen molar-refractivity contribution < 1.29 is 14.3 Å². The van der Waals surface area contributed by atoms with Gasteiger partial charge in [0.2, 0.25) is 12.7 Å². The largest absolute Gasteiger partial charge is 0.454 e. The average molecular weight is 385 g/mol. The van der Waals surface area contributed by atoms with Crippen molar-refractivity contribution in [3.8, 4) is 11.5 Å². The maximum Gasteiger partial charge on any atom is 0.262 e. The number of aryl methyl sites for hydroxylation is 1. The Morgan fingerprint density at radius 3 is 3.00 bits per heavy atom. The molecule has 0 saturated carbocycles. The highest BCUT2D eigenvalue weighted by molar-refractivity contribution is 7.16. The number of amides is 1. The minimum atomic E-state index is -0.104. The first-order valence-corrected chi connectivity index (χ1v) is 9.62. The van der Waals surface area contributed by atoms with E-state index in [1.807, 2.05) is 30.5 Å². The number of hydrogen-bond donors (Lipinski definition) is 0. The fourth-order valence-electron chi connectivity index (χ4n) is 3.06. The third-order valence-electron chi connectivity index (χ3n) is 4.56. The van der Waals surface area contributed by atoms with Crippen molar-refractivity contribution in [2.45, 2.75) is 26.4 Å². The molecule has 0 N–H and O–H groups in total. The van der Waals surface area contributed by atoms with Gasteiger partial charge in [0, 0.05) is 26.1 Å². The van der Waals surface area contributed by atoms with E-state index in [0.29, 0.717) is 30.8 Å². The second kappa shape index (κ2) is 7.40. The van der Waals surface area contributed by atoms with Gasteiger partial charge in [-0.2, -0.15) is 0 Å². The van der Waals surface area contributed by atoms with Crippen LogP contribution in [0.1, 0.15) is 18.9 Å². The summed E-state index contributed by atoms with van der Waals surface area (Å²) < 4.78 is 12.2. The van der Waals surface area contributed by atoms with Crippen molar-refractivity contribution in [1.29, 1.82) is 0 Å². The number of thiophene rings is 1. The van der Waals surface area contributed by atoms with Crippen LogP contribution in [0, 0.1) is 0 Å². The number of nitrogens with zero attached hydrogens (tertiary/aromatic N) is 3. The van der Waals surface area contributed by atoms with Crippen molar-refractivity contribution in [1.82, 2.24) is 14.5 Å². The van der Waals surface area contributed by atoms with Gasteiger partial charge in [-0.1, -0.05) is 6.07 Å². The number of carbonyl (C=O) groups excluding carboxylic acids is 1. The molecule has 0 fully saturated rings. The number of rotatable bonds is 6. The van der Waals surface area contributed by atoms with Gasteiger partial charge in [-0.15, -0.1) is 11.3 Å². The van der Waals surface area contributed by atoms with E-state index in [-0.39, 0.29) is 24.7 Å². The van der Waals surface area contributed by atoms with Crippen LogP contribution in [0.5, 0.6) is 11.5 Å². The Balaban J connectivity index is 1.42. The highest BCUT2D eigenvalue weighted by Gasteiger charge is 2.17. The summed E-state index contributed by atoms with van der Waals surface area (Å²) >= 11 is 1.43. The van der Waals surface area contributed by atoms with Crippen LogP contribution in [0.25, 0.3) is 10.2 Å². The molecule has 3 aromatic rings. The minimum Gasteiger partial charge on any atom is -0.454 e. The van der Waals surface area contributed by atoms with Gasteiger partial charge >= 0.3 is 0 Å². The van der Waals surface area contributed by atoms with Gasteiger partial charge in [-0.05, 0) is 36.1 Å². The van der Waals surface area contributed by atoms with Crippen LogP contribution in [0.15, 0.2) is 40.8 Å². The van der Waals surface area contributed by atoms with Crippen LogP contribution >= 0.6 is 11.3 Å². The molecule has 8 heteroatoms. The first-order chi connectivity index (χ1) is 13.2. The van der Waals surface area contributed by atoms with Gasteiger partial charge in [0.05, 0.1) is 11.7 Å². The van der Waals surface area contributed by atoms with Crippen LogP contribution in [-0.4, -0.2) is 33.7 Å². The average Bonchev–Trinajstić information content (AvgIpc) is 3.34. The van der Waals surface area contributed by atoms with Crippen LogP contribution in [0.2, 0.25) is 0 Å². The maximum absolute atomic E-state index is 12.6. The zero-order valence-corrected chi connectivity index (χ0v) is 15.7.